The van der Waals surface area contributed by atoms with Crippen LogP contribution in [0.15, 0.2) is 55.1 Å². The predicted molar refractivity (Wildman–Crippen MR) is 170 cm³/mol. The molecule has 4 aliphatic carbocycles. The van der Waals surface area contributed by atoms with Crippen LogP contribution in [0.2, 0.25) is 0 Å². The van der Waals surface area contributed by atoms with E-state index in [0.717, 1.165) is 0 Å². The Hall–Kier alpha value is -2.10. The van der Waals surface area contributed by atoms with Crippen molar-refractivity contribution in [2.75, 3.05) is 0 Å². The number of hydrogen-bond acceptors (Lipinski definition) is 4. The Kier molecular flexibility index (Phi) is 8.82. The van der Waals surface area contributed by atoms with Crippen LogP contribution in [0.3, 0.4) is 0 Å². The Bertz CT molecular complexity index is 879. The molecule has 0 unspecified atom stereocenters. The molecular formula is C37H56N4. The van der Waals surface area contributed by atoms with Crippen molar-refractivity contribution in [1.82, 2.24) is 19.6 Å². The number of hydrogen-bond donors (Lipinski definition) is 0. The molecule has 1 aromatic carbocycles. The van der Waals surface area contributed by atoms with Crippen molar-refractivity contribution in [3.05, 3.63) is 60.7 Å². The van der Waals surface area contributed by atoms with Gasteiger partial charge in [-0.15, -0.1) is 0 Å². The highest BCUT2D eigenvalue weighted by Crippen LogP contribution is 2.46. The Balaban J connectivity index is 1.31. The first-order valence-electron chi connectivity index (χ1n) is 17.9. The van der Waals surface area contributed by atoms with Crippen molar-refractivity contribution in [1.29, 1.82) is 0 Å². The highest BCUT2D eigenvalue weighted by Gasteiger charge is 2.49. The second kappa shape index (κ2) is 13.0. The topological polar surface area (TPSA) is 13.0 Å². The van der Waals surface area contributed by atoms with Gasteiger partial charge in [-0.25, -0.2) is 0 Å². The minimum Gasteiger partial charge on any atom is -0.352 e. The van der Waals surface area contributed by atoms with Crippen LogP contribution in [0.1, 0.15) is 140 Å². The van der Waals surface area contributed by atoms with E-state index >= 15 is 0 Å². The lowest BCUT2D eigenvalue weighted by atomic mass is 9.84. The van der Waals surface area contributed by atoms with Crippen molar-refractivity contribution in [2.24, 2.45) is 0 Å². The fourth-order valence-corrected chi connectivity index (χ4v) is 9.75. The minimum atomic E-state index is 0.408. The van der Waals surface area contributed by atoms with E-state index in [2.05, 4.69) is 74.7 Å². The molecule has 0 saturated heterocycles. The van der Waals surface area contributed by atoms with Gasteiger partial charge in [-0.3, -0.25) is 0 Å². The smallest absolute Gasteiger partial charge is 0.112 e. The Morgan fingerprint density at radius 1 is 0.390 bits per heavy atom. The van der Waals surface area contributed by atoms with Crippen LogP contribution >= 0.6 is 0 Å². The van der Waals surface area contributed by atoms with E-state index < -0.39 is 0 Å². The summed E-state index contributed by atoms with van der Waals surface area (Å²) in [6.07, 6.45) is 38.8. The van der Waals surface area contributed by atoms with Gasteiger partial charge in [0.2, 0.25) is 0 Å². The van der Waals surface area contributed by atoms with Gasteiger partial charge in [-0.2, -0.15) is 0 Å². The molecule has 4 saturated carbocycles. The van der Waals surface area contributed by atoms with Crippen LogP contribution in [0.5, 0.6) is 0 Å². The fraction of sp³-hybridized carbons (Fsp3) is 0.730. The third kappa shape index (κ3) is 5.78. The monoisotopic (exact) mass is 556 g/mol. The Labute approximate surface area is 250 Å². The van der Waals surface area contributed by atoms with E-state index in [0.29, 0.717) is 42.4 Å². The number of rotatable bonds is 7. The van der Waals surface area contributed by atoms with Gasteiger partial charge in [-0.05, 0) is 56.9 Å². The first-order valence-corrected chi connectivity index (χ1v) is 17.9. The summed E-state index contributed by atoms with van der Waals surface area (Å²) in [6.45, 7) is 0. The lowest BCUT2D eigenvalue weighted by Crippen LogP contribution is -2.60. The molecular weight excluding hydrogens is 500 g/mol. The molecule has 7 rings (SSSR count). The first-order chi connectivity index (χ1) is 20.4. The van der Waals surface area contributed by atoms with Crippen LogP contribution < -0.4 is 0 Å². The third-order valence-electron chi connectivity index (χ3n) is 11.9. The molecule has 0 radical (unpaired) electrons. The van der Waals surface area contributed by atoms with E-state index in [-0.39, 0.29) is 0 Å². The summed E-state index contributed by atoms with van der Waals surface area (Å²) >= 11 is 0. The second-order valence-corrected chi connectivity index (χ2v) is 14.3. The quantitative estimate of drug-likeness (QED) is 0.332. The van der Waals surface area contributed by atoms with Crippen molar-refractivity contribution in [2.45, 2.75) is 171 Å². The zero-order valence-electron chi connectivity index (χ0n) is 25.7. The standard InChI is InChI=1S/C37H56N4/c1-6-16-30(17-7-1)35(36-38(31-18-8-2-9-19-31)26-27-39(36)32-20-10-3-11-21-32)37-40(33-22-12-4-13-23-33)28-29-41(37)34-24-14-5-15-25-34/h1,6-7,16-17,26-29,31-37H,2-5,8-15,18-25H2. The van der Waals surface area contributed by atoms with E-state index in [9.17, 15) is 0 Å². The number of benzene rings is 1. The lowest BCUT2D eigenvalue weighted by Gasteiger charge is -2.53. The largest absolute Gasteiger partial charge is 0.352 e. The maximum atomic E-state index is 2.90. The molecule has 1 aromatic rings. The van der Waals surface area contributed by atoms with E-state index in [1.54, 1.807) is 5.56 Å². The molecule has 0 aromatic heterocycles. The van der Waals surface area contributed by atoms with Gasteiger partial charge in [-0.1, -0.05) is 107 Å². The molecule has 224 valence electrons. The van der Waals surface area contributed by atoms with Crippen molar-refractivity contribution in [3.8, 4) is 0 Å². The fourth-order valence-electron chi connectivity index (χ4n) is 9.75. The molecule has 0 N–H and O–H groups in total. The highest BCUT2D eigenvalue weighted by molar-refractivity contribution is 5.28. The molecule has 4 nitrogen and oxygen atoms in total. The van der Waals surface area contributed by atoms with Crippen LogP contribution in [0.25, 0.3) is 0 Å². The van der Waals surface area contributed by atoms with Gasteiger partial charge >= 0.3 is 0 Å². The maximum absolute atomic E-state index is 2.90. The predicted octanol–water partition coefficient (Wildman–Crippen LogP) is 8.93. The number of nitrogens with zero attached hydrogens (tertiary/aromatic N) is 4. The summed E-state index contributed by atoms with van der Waals surface area (Å²) < 4.78 is 0. The molecule has 0 atom stereocenters. The van der Waals surface area contributed by atoms with Gasteiger partial charge in [0.15, 0.2) is 0 Å². The van der Waals surface area contributed by atoms with Crippen LogP contribution in [-0.4, -0.2) is 56.1 Å². The SMILES string of the molecule is C1=CN(C2CCCCC2)C(C(c2ccccc2)C2N(C3CCCCC3)C=CN2C2CCCCC2)N1C1CCCCC1. The van der Waals surface area contributed by atoms with Gasteiger partial charge in [0.1, 0.15) is 12.3 Å². The molecule has 4 heteroatoms. The summed E-state index contributed by atoms with van der Waals surface area (Å²) in [4.78, 5) is 11.6. The summed E-state index contributed by atoms with van der Waals surface area (Å²) in [6, 6.07) is 14.6. The van der Waals surface area contributed by atoms with Crippen LogP contribution in [0.4, 0.5) is 0 Å². The maximum Gasteiger partial charge on any atom is 0.112 e. The third-order valence-corrected chi connectivity index (χ3v) is 11.9. The molecule has 0 spiro atoms. The average Bonchev–Trinajstić information content (AvgIpc) is 3.69. The molecule has 0 bridgehead atoms. The normalized spacial score (nSPS) is 26.8. The Morgan fingerprint density at radius 3 is 0.976 bits per heavy atom. The van der Waals surface area contributed by atoms with E-state index in [1.807, 2.05) is 0 Å². The summed E-state index contributed by atoms with van der Waals surface area (Å²) in [5, 5.41) is 0. The minimum absolute atomic E-state index is 0.408. The zero-order chi connectivity index (χ0) is 27.4. The van der Waals surface area contributed by atoms with E-state index in [4.69, 9.17) is 0 Å². The van der Waals surface area contributed by atoms with Crippen LogP contribution in [0, 0.1) is 0 Å². The molecule has 41 heavy (non-hydrogen) atoms. The van der Waals surface area contributed by atoms with Crippen molar-refractivity contribution in [3.63, 3.8) is 0 Å². The van der Waals surface area contributed by atoms with Gasteiger partial charge in [0.05, 0.1) is 5.92 Å². The second-order valence-electron chi connectivity index (χ2n) is 14.3. The molecule has 4 fully saturated rings. The van der Waals surface area contributed by atoms with Crippen molar-refractivity contribution < 1.29 is 0 Å². The molecule has 6 aliphatic rings. The summed E-state index contributed by atoms with van der Waals surface area (Å²) in [5.41, 5.74) is 1.55. The van der Waals surface area contributed by atoms with Gasteiger partial charge < -0.3 is 19.6 Å². The van der Waals surface area contributed by atoms with Crippen LogP contribution in [-0.2, 0) is 0 Å². The first kappa shape index (κ1) is 27.7. The highest BCUT2D eigenvalue weighted by atomic mass is 15.5. The summed E-state index contributed by atoms with van der Waals surface area (Å²) in [7, 11) is 0. The molecule has 2 aliphatic heterocycles. The molecule has 2 heterocycles. The van der Waals surface area contributed by atoms with Gasteiger partial charge in [0.25, 0.3) is 0 Å². The molecule has 0 amide bonds. The zero-order valence-corrected chi connectivity index (χ0v) is 25.7. The summed E-state index contributed by atoms with van der Waals surface area (Å²) in [5.74, 6) is 0.425. The Morgan fingerprint density at radius 2 is 0.683 bits per heavy atom. The lowest BCUT2D eigenvalue weighted by molar-refractivity contribution is -0.0286. The van der Waals surface area contributed by atoms with Gasteiger partial charge in [0, 0.05) is 49.0 Å². The average molecular weight is 557 g/mol. The van der Waals surface area contributed by atoms with Crippen molar-refractivity contribution >= 4 is 0 Å². The van der Waals surface area contributed by atoms with E-state index in [1.165, 1.54) is 128 Å².